The Morgan fingerprint density at radius 2 is 2.22 bits per heavy atom. The van der Waals surface area contributed by atoms with Gasteiger partial charge < -0.3 is 5.32 Å². The van der Waals surface area contributed by atoms with Gasteiger partial charge in [0, 0.05) is 24.9 Å². The van der Waals surface area contributed by atoms with Gasteiger partial charge in [-0.15, -0.1) is 0 Å². The fourth-order valence-electron chi connectivity index (χ4n) is 1.61. The predicted molar refractivity (Wildman–Crippen MR) is 67.3 cm³/mol. The van der Waals surface area contributed by atoms with E-state index in [0.29, 0.717) is 5.70 Å². The van der Waals surface area contributed by atoms with E-state index in [4.69, 9.17) is 5.26 Å². The molecule has 1 aliphatic carbocycles. The van der Waals surface area contributed by atoms with Crippen molar-refractivity contribution in [2.75, 3.05) is 7.05 Å². The van der Waals surface area contributed by atoms with Crippen LogP contribution in [0.3, 0.4) is 0 Å². The van der Waals surface area contributed by atoms with Crippen LogP contribution in [0, 0.1) is 11.3 Å². The van der Waals surface area contributed by atoms with Crippen molar-refractivity contribution in [2.24, 2.45) is 4.99 Å². The monoisotopic (exact) mass is 251 g/mol. The lowest BCUT2D eigenvalue weighted by Crippen LogP contribution is -2.30. The van der Waals surface area contributed by atoms with E-state index >= 15 is 0 Å². The Morgan fingerprint density at radius 3 is 2.78 bits per heavy atom. The maximum absolute atomic E-state index is 13.6. The van der Waals surface area contributed by atoms with Crippen molar-refractivity contribution in [3.05, 3.63) is 35.1 Å². The zero-order valence-electron chi connectivity index (χ0n) is 10.6. The first kappa shape index (κ1) is 14.1. The minimum atomic E-state index is -0.761. The van der Waals surface area contributed by atoms with E-state index in [1.807, 2.05) is 6.92 Å². The van der Waals surface area contributed by atoms with Crippen LogP contribution in [0.2, 0.25) is 0 Å². The summed E-state index contributed by atoms with van der Waals surface area (Å²) in [6.07, 6.45) is 2.53. The molecule has 0 radical (unpaired) electrons. The molecule has 1 atom stereocenters. The van der Waals surface area contributed by atoms with E-state index in [-0.39, 0.29) is 12.0 Å². The molecule has 3 nitrogen and oxygen atoms in total. The van der Waals surface area contributed by atoms with E-state index < -0.39 is 17.7 Å². The molecule has 5 heteroatoms. The molecule has 0 saturated heterocycles. The summed E-state index contributed by atoms with van der Waals surface area (Å²) in [6, 6.07) is 0.865. The lowest BCUT2D eigenvalue weighted by atomic mass is 10.0. The maximum Gasteiger partial charge on any atom is 0.124 e. The quantitative estimate of drug-likeness (QED) is 0.784. The highest BCUT2D eigenvalue weighted by atomic mass is 19.1. The molecule has 1 aliphatic rings. The van der Waals surface area contributed by atoms with E-state index in [2.05, 4.69) is 10.3 Å². The number of nitrogens with zero attached hydrogens (tertiary/aromatic N) is 2. The van der Waals surface area contributed by atoms with Gasteiger partial charge in [0.05, 0.1) is 11.6 Å². The van der Waals surface area contributed by atoms with Crippen LogP contribution in [0.5, 0.6) is 0 Å². The molecule has 1 unspecified atom stereocenters. The maximum atomic E-state index is 13.6. The Kier molecular flexibility index (Phi) is 4.78. The van der Waals surface area contributed by atoms with Crippen molar-refractivity contribution < 1.29 is 8.78 Å². The number of nitrogens with one attached hydrogen (secondary N) is 1. The van der Waals surface area contributed by atoms with Gasteiger partial charge >= 0.3 is 0 Å². The third-order valence-electron chi connectivity index (χ3n) is 2.59. The molecule has 0 aromatic heterocycles. The SMILES string of the molecule is CN=C(C)/C=C(/C)NC1CC(F)=C(C#N)C=C1F. The average molecular weight is 251 g/mol. The normalized spacial score (nSPS) is 21.6. The van der Waals surface area contributed by atoms with E-state index in [0.717, 1.165) is 11.8 Å². The van der Waals surface area contributed by atoms with E-state index in [1.165, 1.54) is 0 Å². The number of hydrogen-bond donors (Lipinski definition) is 1. The van der Waals surface area contributed by atoms with Crippen molar-refractivity contribution >= 4 is 5.71 Å². The smallest absolute Gasteiger partial charge is 0.124 e. The molecule has 0 spiro atoms. The lowest BCUT2D eigenvalue weighted by Gasteiger charge is -2.21. The molecular formula is C13H15F2N3. The number of halogens is 2. The third-order valence-corrected chi connectivity index (χ3v) is 2.59. The summed E-state index contributed by atoms with van der Waals surface area (Å²) in [5.41, 5.74) is 1.24. The second-order valence-electron chi connectivity index (χ2n) is 4.05. The summed E-state index contributed by atoms with van der Waals surface area (Å²) in [7, 11) is 1.65. The van der Waals surface area contributed by atoms with Crippen LogP contribution >= 0.6 is 0 Å². The fourth-order valence-corrected chi connectivity index (χ4v) is 1.61. The van der Waals surface area contributed by atoms with Gasteiger partial charge in [0.25, 0.3) is 0 Å². The summed E-state index contributed by atoms with van der Waals surface area (Å²) in [6.45, 7) is 3.57. The van der Waals surface area contributed by atoms with Gasteiger partial charge in [-0.1, -0.05) is 0 Å². The minimum Gasteiger partial charge on any atom is -0.379 e. The predicted octanol–water partition coefficient (Wildman–Crippen LogP) is 2.94. The standard InChI is InChI=1S/C13H15F2N3/c1-8(17-3)4-9(2)18-13-6-11(14)10(7-16)5-12(13)15/h4-5,13,18H,6H2,1-3H3/b9-4-,17-8?. The highest BCUT2D eigenvalue weighted by Gasteiger charge is 2.23. The van der Waals surface area contributed by atoms with Crippen LogP contribution in [0.25, 0.3) is 0 Å². The van der Waals surface area contributed by atoms with Gasteiger partial charge in [0.2, 0.25) is 0 Å². The van der Waals surface area contributed by atoms with Crippen molar-refractivity contribution in [3.8, 4) is 6.07 Å². The van der Waals surface area contributed by atoms with E-state index in [9.17, 15) is 8.78 Å². The molecule has 1 rings (SSSR count). The van der Waals surface area contributed by atoms with Gasteiger partial charge in [0.15, 0.2) is 0 Å². The Hall–Kier alpha value is -1.96. The molecule has 0 amide bonds. The zero-order valence-corrected chi connectivity index (χ0v) is 10.6. The Bertz CT molecular complexity index is 493. The molecule has 0 aliphatic heterocycles. The molecule has 0 fully saturated rings. The highest BCUT2D eigenvalue weighted by molar-refractivity contribution is 5.93. The molecule has 0 aromatic rings. The third kappa shape index (κ3) is 3.52. The number of rotatable bonds is 3. The number of hydrogen-bond acceptors (Lipinski definition) is 3. The van der Waals surface area contributed by atoms with Gasteiger partial charge in [0.1, 0.15) is 17.7 Å². The van der Waals surface area contributed by atoms with Gasteiger partial charge in [-0.2, -0.15) is 5.26 Å². The molecule has 0 saturated carbocycles. The topological polar surface area (TPSA) is 48.2 Å². The van der Waals surface area contributed by atoms with E-state index in [1.54, 1.807) is 26.1 Å². The summed E-state index contributed by atoms with van der Waals surface area (Å²) in [5, 5.41) is 11.5. The second-order valence-corrected chi connectivity index (χ2v) is 4.05. The van der Waals surface area contributed by atoms with Crippen LogP contribution in [-0.2, 0) is 0 Å². The summed E-state index contributed by atoms with van der Waals surface area (Å²) in [5.74, 6) is -1.13. The second kappa shape index (κ2) is 6.10. The number of allylic oxidation sites excluding steroid dienone is 4. The van der Waals surface area contributed by atoms with Crippen LogP contribution in [-0.4, -0.2) is 18.8 Å². The molecule has 0 heterocycles. The molecule has 0 bridgehead atoms. The first-order valence-corrected chi connectivity index (χ1v) is 5.52. The van der Waals surface area contributed by atoms with Gasteiger partial charge in [-0.25, -0.2) is 8.78 Å². The van der Waals surface area contributed by atoms with Crippen molar-refractivity contribution in [2.45, 2.75) is 26.3 Å². The first-order valence-electron chi connectivity index (χ1n) is 5.52. The largest absolute Gasteiger partial charge is 0.379 e. The Balaban J connectivity index is 2.80. The van der Waals surface area contributed by atoms with Crippen LogP contribution in [0.4, 0.5) is 8.78 Å². The van der Waals surface area contributed by atoms with Crippen LogP contribution < -0.4 is 5.32 Å². The molecular weight excluding hydrogens is 236 g/mol. The Morgan fingerprint density at radius 1 is 1.56 bits per heavy atom. The summed E-state index contributed by atoms with van der Waals surface area (Å²) in [4.78, 5) is 3.95. The fraction of sp³-hybridized carbons (Fsp3) is 0.385. The summed E-state index contributed by atoms with van der Waals surface area (Å²) < 4.78 is 27.0. The number of nitriles is 1. The first-order chi connectivity index (χ1) is 8.47. The Labute approximate surface area is 105 Å². The van der Waals surface area contributed by atoms with Crippen LogP contribution in [0.1, 0.15) is 20.3 Å². The lowest BCUT2D eigenvalue weighted by molar-refractivity contribution is 0.442. The van der Waals surface area contributed by atoms with Gasteiger partial charge in [-0.3, -0.25) is 4.99 Å². The van der Waals surface area contributed by atoms with Crippen molar-refractivity contribution in [1.29, 1.82) is 5.26 Å². The average Bonchev–Trinajstić information content (AvgIpc) is 2.33. The minimum absolute atomic E-state index is 0.154. The molecule has 18 heavy (non-hydrogen) atoms. The van der Waals surface area contributed by atoms with Crippen LogP contribution in [0.15, 0.2) is 40.1 Å². The highest BCUT2D eigenvalue weighted by Crippen LogP contribution is 2.26. The number of aliphatic imine (C=N–C) groups is 1. The van der Waals surface area contributed by atoms with Crippen molar-refractivity contribution in [3.63, 3.8) is 0 Å². The molecule has 1 N–H and O–H groups in total. The van der Waals surface area contributed by atoms with Crippen molar-refractivity contribution in [1.82, 2.24) is 5.32 Å². The molecule has 96 valence electrons. The van der Waals surface area contributed by atoms with Gasteiger partial charge in [-0.05, 0) is 26.0 Å². The molecule has 0 aromatic carbocycles. The summed E-state index contributed by atoms with van der Waals surface area (Å²) >= 11 is 0. The zero-order chi connectivity index (χ0) is 13.7.